The van der Waals surface area contributed by atoms with Gasteiger partial charge in [-0.15, -0.1) is 0 Å². The average Bonchev–Trinajstić information content (AvgIpc) is 2.59. The van der Waals surface area contributed by atoms with Gasteiger partial charge in [0.05, 0.1) is 0 Å². The van der Waals surface area contributed by atoms with Crippen LogP contribution in [0.5, 0.6) is 0 Å². The maximum absolute atomic E-state index is 11.7. The van der Waals surface area contributed by atoms with E-state index in [1.165, 1.54) is 89.9 Å². The maximum atomic E-state index is 11.7. The summed E-state index contributed by atoms with van der Waals surface area (Å²) in [6.45, 7) is 8.19. The lowest BCUT2D eigenvalue weighted by Gasteiger charge is -2.20. The maximum Gasteiger partial charge on any atom is 0.407 e. The Balaban J connectivity index is 2.19. The smallest absolute Gasteiger partial charge is 0.407 e. The summed E-state index contributed by atoms with van der Waals surface area (Å²) in [5, 5.41) is 6.38. The van der Waals surface area contributed by atoms with Crippen LogP contribution in [0.3, 0.4) is 0 Å². The third kappa shape index (κ3) is 15.9. The second-order valence-electron chi connectivity index (χ2n) is 9.32. The number of hydrogen-bond donors (Lipinski definition) is 2. The molecule has 4 heteroatoms. The second kappa shape index (κ2) is 15.2. The number of carbonyl (C=O) groups excluding carboxylic acids is 1. The van der Waals surface area contributed by atoms with Gasteiger partial charge in [0.15, 0.2) is 0 Å². The molecule has 1 aliphatic rings. The normalized spacial score (nSPS) is 19.7. The Kier molecular flexibility index (Phi) is 13.7. The van der Waals surface area contributed by atoms with Gasteiger partial charge in [-0.25, -0.2) is 4.79 Å². The number of rotatable bonds is 5. The molecule has 160 valence electrons. The van der Waals surface area contributed by atoms with Gasteiger partial charge in [0.1, 0.15) is 5.60 Å². The molecule has 0 aliphatic heterocycles. The first-order chi connectivity index (χ1) is 13.0. The number of alkyl carbamates (subject to hydrolysis) is 1. The van der Waals surface area contributed by atoms with Gasteiger partial charge in [0, 0.05) is 13.1 Å². The molecule has 0 heterocycles. The molecule has 1 saturated carbocycles. The summed E-state index contributed by atoms with van der Waals surface area (Å²) in [5.74, 6) is 0.789. The zero-order chi connectivity index (χ0) is 19.8. The van der Waals surface area contributed by atoms with Crippen LogP contribution in [0.1, 0.15) is 111 Å². The molecule has 0 bridgehead atoms. The Bertz CT molecular complexity index is 350. The molecule has 0 aromatic heterocycles. The van der Waals surface area contributed by atoms with Crippen molar-refractivity contribution < 1.29 is 9.53 Å². The topological polar surface area (TPSA) is 50.4 Å². The van der Waals surface area contributed by atoms with E-state index in [1.807, 2.05) is 20.8 Å². The summed E-state index contributed by atoms with van der Waals surface area (Å²) in [7, 11) is 0. The van der Waals surface area contributed by atoms with Crippen molar-refractivity contribution >= 4 is 6.09 Å². The minimum atomic E-state index is -0.428. The van der Waals surface area contributed by atoms with Gasteiger partial charge in [-0.1, -0.05) is 77.0 Å². The van der Waals surface area contributed by atoms with Crippen molar-refractivity contribution in [3.05, 3.63) is 0 Å². The number of nitrogens with one attached hydrogen (secondary N) is 2. The van der Waals surface area contributed by atoms with Gasteiger partial charge in [-0.05, 0) is 46.1 Å². The van der Waals surface area contributed by atoms with E-state index in [0.717, 1.165) is 19.0 Å². The highest BCUT2D eigenvalue weighted by Crippen LogP contribution is 2.20. The van der Waals surface area contributed by atoms with E-state index >= 15 is 0 Å². The predicted molar refractivity (Wildman–Crippen MR) is 115 cm³/mol. The first-order valence-corrected chi connectivity index (χ1v) is 11.6. The van der Waals surface area contributed by atoms with Crippen molar-refractivity contribution in [1.29, 1.82) is 0 Å². The Morgan fingerprint density at radius 2 is 1.22 bits per heavy atom. The lowest BCUT2D eigenvalue weighted by molar-refractivity contribution is 0.0528. The fourth-order valence-corrected chi connectivity index (χ4v) is 3.86. The Morgan fingerprint density at radius 1 is 0.778 bits per heavy atom. The van der Waals surface area contributed by atoms with Crippen LogP contribution in [0.2, 0.25) is 0 Å². The molecule has 0 aromatic rings. The molecule has 4 nitrogen and oxygen atoms in total. The molecular formula is C23H46N2O2. The summed E-state index contributed by atoms with van der Waals surface area (Å²) >= 11 is 0. The summed E-state index contributed by atoms with van der Waals surface area (Å²) in [6.07, 6.45) is 19.4. The van der Waals surface area contributed by atoms with Crippen molar-refractivity contribution in [2.45, 2.75) is 116 Å². The van der Waals surface area contributed by atoms with Crippen LogP contribution in [0.4, 0.5) is 4.79 Å². The minimum Gasteiger partial charge on any atom is -0.444 e. The summed E-state index contributed by atoms with van der Waals surface area (Å²) in [4.78, 5) is 11.7. The number of ether oxygens (including phenoxy) is 1. The van der Waals surface area contributed by atoms with Gasteiger partial charge >= 0.3 is 6.09 Å². The summed E-state index contributed by atoms with van der Waals surface area (Å²) in [5.41, 5.74) is -0.428. The van der Waals surface area contributed by atoms with Gasteiger partial charge in [-0.3, -0.25) is 0 Å². The third-order valence-corrected chi connectivity index (χ3v) is 5.38. The molecule has 27 heavy (non-hydrogen) atoms. The first kappa shape index (κ1) is 24.3. The van der Waals surface area contributed by atoms with E-state index in [4.69, 9.17) is 4.74 Å². The van der Waals surface area contributed by atoms with Crippen LogP contribution in [0.15, 0.2) is 0 Å². The Labute approximate surface area is 168 Å². The van der Waals surface area contributed by atoms with Crippen LogP contribution >= 0.6 is 0 Å². The van der Waals surface area contributed by atoms with Gasteiger partial charge in [0.25, 0.3) is 0 Å². The van der Waals surface area contributed by atoms with Crippen LogP contribution in [-0.2, 0) is 4.74 Å². The number of hydrogen-bond acceptors (Lipinski definition) is 3. The van der Waals surface area contributed by atoms with E-state index in [2.05, 4.69) is 10.6 Å². The number of amides is 1. The van der Waals surface area contributed by atoms with Gasteiger partial charge < -0.3 is 15.4 Å². The van der Waals surface area contributed by atoms with Crippen molar-refractivity contribution in [1.82, 2.24) is 10.6 Å². The van der Waals surface area contributed by atoms with Crippen LogP contribution in [0, 0.1) is 5.92 Å². The van der Waals surface area contributed by atoms with E-state index in [-0.39, 0.29) is 6.09 Å². The second-order valence-corrected chi connectivity index (χ2v) is 9.32. The Morgan fingerprint density at radius 3 is 1.67 bits per heavy atom. The van der Waals surface area contributed by atoms with E-state index < -0.39 is 5.60 Å². The van der Waals surface area contributed by atoms with Gasteiger partial charge in [0.2, 0.25) is 0 Å². The average molecular weight is 383 g/mol. The first-order valence-electron chi connectivity index (χ1n) is 11.6. The van der Waals surface area contributed by atoms with Crippen molar-refractivity contribution in [3.63, 3.8) is 0 Å². The third-order valence-electron chi connectivity index (χ3n) is 5.38. The summed E-state index contributed by atoms with van der Waals surface area (Å²) in [6, 6.07) is 0. The van der Waals surface area contributed by atoms with E-state index in [1.54, 1.807) is 0 Å². The largest absolute Gasteiger partial charge is 0.444 e. The molecular weight excluding hydrogens is 336 g/mol. The monoisotopic (exact) mass is 382 g/mol. The highest BCUT2D eigenvalue weighted by molar-refractivity contribution is 5.67. The minimum absolute atomic E-state index is 0.321. The van der Waals surface area contributed by atoms with E-state index in [9.17, 15) is 4.79 Å². The highest BCUT2D eigenvalue weighted by Gasteiger charge is 2.15. The lowest BCUT2D eigenvalue weighted by atomic mass is 9.94. The molecule has 0 unspecified atom stereocenters. The predicted octanol–water partition coefficient (Wildman–Crippen LogP) is 6.19. The lowest BCUT2D eigenvalue weighted by Crippen LogP contribution is -2.37. The standard InChI is InChI=1S/C23H46N2O2/c1-23(2,3)27-22(26)25-19-18-24-20-21-16-14-12-10-8-6-4-5-7-9-11-13-15-17-21/h21,24H,4-20H2,1-3H3,(H,25,26). The van der Waals surface area contributed by atoms with Crippen LogP contribution in [-0.4, -0.2) is 31.3 Å². The highest BCUT2D eigenvalue weighted by atomic mass is 16.6. The van der Waals surface area contributed by atoms with Gasteiger partial charge in [-0.2, -0.15) is 0 Å². The molecule has 0 atom stereocenters. The number of carbonyl (C=O) groups is 1. The molecule has 1 rings (SSSR count). The molecule has 0 radical (unpaired) electrons. The zero-order valence-corrected chi connectivity index (χ0v) is 18.4. The molecule has 1 aliphatic carbocycles. The summed E-state index contributed by atoms with van der Waals surface area (Å²) < 4.78 is 5.26. The molecule has 0 spiro atoms. The fourth-order valence-electron chi connectivity index (χ4n) is 3.86. The molecule has 1 amide bonds. The van der Waals surface area contributed by atoms with Crippen LogP contribution in [0.25, 0.3) is 0 Å². The molecule has 1 fully saturated rings. The fraction of sp³-hybridized carbons (Fsp3) is 0.957. The Hall–Kier alpha value is -0.770. The SMILES string of the molecule is CC(C)(C)OC(=O)NCCNCC1CCCCCCCCCCCCCC1. The van der Waals surface area contributed by atoms with Crippen molar-refractivity contribution in [2.24, 2.45) is 5.92 Å². The van der Waals surface area contributed by atoms with Crippen molar-refractivity contribution in [3.8, 4) is 0 Å². The van der Waals surface area contributed by atoms with Crippen LogP contribution < -0.4 is 10.6 Å². The van der Waals surface area contributed by atoms with E-state index in [0.29, 0.717) is 6.54 Å². The van der Waals surface area contributed by atoms with Crippen molar-refractivity contribution in [2.75, 3.05) is 19.6 Å². The zero-order valence-electron chi connectivity index (χ0n) is 18.4. The molecule has 0 aromatic carbocycles. The molecule has 0 saturated heterocycles. The molecule has 2 N–H and O–H groups in total. The quantitative estimate of drug-likeness (QED) is 0.557.